The molecule has 0 saturated heterocycles. The highest BCUT2D eigenvalue weighted by Gasteiger charge is 2.32. The number of nitrogens with one attached hydrogen (secondary N) is 2. The molecular formula is C24H29N11O. The average molecular weight is 488 g/mol. The number of nitrogens with zero attached hydrogens (tertiary/aromatic N) is 9. The van der Waals surface area contributed by atoms with E-state index in [1.165, 1.54) is 0 Å². The quantitative estimate of drug-likeness (QED) is 0.404. The monoisotopic (exact) mass is 487 g/mol. The number of hydrogen-bond donors (Lipinski definition) is 2. The van der Waals surface area contributed by atoms with Crippen molar-refractivity contribution >= 4 is 0 Å². The molecule has 4 heterocycles. The van der Waals surface area contributed by atoms with Crippen molar-refractivity contribution < 1.29 is 0 Å². The number of allylic oxidation sites excluding steroid dienone is 2. The van der Waals surface area contributed by atoms with Crippen molar-refractivity contribution in [3.8, 4) is 17.3 Å². The number of dihydropyridines is 1. The molecule has 0 amide bonds. The molecule has 1 aromatic carbocycles. The minimum Gasteiger partial charge on any atom is -0.368 e. The fourth-order valence-corrected chi connectivity index (χ4v) is 4.45. The van der Waals surface area contributed by atoms with Crippen LogP contribution in [0.5, 0.6) is 0 Å². The van der Waals surface area contributed by atoms with E-state index in [1.54, 1.807) is 9.25 Å². The third-order valence-corrected chi connectivity index (χ3v) is 6.25. The lowest BCUT2D eigenvalue weighted by atomic mass is 9.78. The number of aryl methyl sites for hydroxylation is 1. The largest absolute Gasteiger partial charge is 0.368 e. The minimum atomic E-state index is -0.584. The summed E-state index contributed by atoms with van der Waals surface area (Å²) in [6, 6.07) is 7.98. The van der Waals surface area contributed by atoms with Crippen molar-refractivity contribution in [3.63, 3.8) is 0 Å². The van der Waals surface area contributed by atoms with E-state index in [-0.39, 0.29) is 11.2 Å². The van der Waals surface area contributed by atoms with Crippen LogP contribution in [0.4, 0.5) is 0 Å². The molecule has 1 aliphatic heterocycles. The molecule has 3 aromatic heterocycles. The highest BCUT2D eigenvalue weighted by atomic mass is 16.2. The van der Waals surface area contributed by atoms with E-state index in [9.17, 15) is 4.79 Å². The van der Waals surface area contributed by atoms with E-state index >= 15 is 0 Å². The molecule has 4 aromatic rings. The lowest BCUT2D eigenvalue weighted by Gasteiger charge is -2.31. The summed E-state index contributed by atoms with van der Waals surface area (Å²) in [4.78, 5) is 13.9. The summed E-state index contributed by atoms with van der Waals surface area (Å²) >= 11 is 0. The second-order valence-electron chi connectivity index (χ2n) is 9.86. The first-order valence-corrected chi connectivity index (χ1v) is 11.9. The van der Waals surface area contributed by atoms with E-state index in [1.807, 2.05) is 68.2 Å². The number of aromatic nitrogens is 10. The highest BCUT2D eigenvalue weighted by molar-refractivity contribution is 5.57. The normalized spacial score (nSPS) is 14.8. The van der Waals surface area contributed by atoms with Gasteiger partial charge in [-0.2, -0.15) is 5.21 Å². The van der Waals surface area contributed by atoms with E-state index in [4.69, 9.17) is 0 Å². The van der Waals surface area contributed by atoms with Gasteiger partial charge in [-0.15, -0.1) is 10.2 Å². The Bertz CT molecular complexity index is 1450. The van der Waals surface area contributed by atoms with Crippen LogP contribution in [-0.4, -0.2) is 50.0 Å². The SMILES string of the molecule is CCCc1cn(-c2nnnn2C(C)(C)C)c(=O)n1CC1(c2cccc(-c3nn[nH]n3)c2)C=CNC=C1. The van der Waals surface area contributed by atoms with Gasteiger partial charge in [0.25, 0.3) is 5.95 Å². The summed E-state index contributed by atoms with van der Waals surface area (Å²) in [5.41, 5.74) is 1.60. The Labute approximate surface area is 207 Å². The Hall–Kier alpha value is -4.35. The molecule has 0 aliphatic carbocycles. The van der Waals surface area contributed by atoms with Gasteiger partial charge in [0.1, 0.15) is 0 Å². The van der Waals surface area contributed by atoms with Crippen LogP contribution in [0.2, 0.25) is 0 Å². The number of tetrazole rings is 2. The third-order valence-electron chi connectivity index (χ3n) is 6.25. The van der Waals surface area contributed by atoms with Crippen molar-refractivity contribution in [1.82, 2.24) is 55.3 Å². The predicted octanol–water partition coefficient (Wildman–Crippen LogP) is 2.08. The highest BCUT2D eigenvalue weighted by Crippen LogP contribution is 2.33. The van der Waals surface area contributed by atoms with Gasteiger partial charge < -0.3 is 5.32 Å². The first kappa shape index (κ1) is 23.4. The molecule has 0 atom stereocenters. The van der Waals surface area contributed by atoms with Crippen molar-refractivity contribution in [2.45, 2.75) is 58.0 Å². The number of benzene rings is 1. The number of aromatic amines is 1. The van der Waals surface area contributed by atoms with Crippen LogP contribution in [0.1, 0.15) is 45.4 Å². The maximum absolute atomic E-state index is 13.9. The standard InChI is InChI=1S/C24H29N11O/c1-5-7-19-15-33(21-28-31-32-35(21)23(2,3)4)22(36)34(19)16-24(10-12-25-13-11-24)18-9-6-8-17(14-18)20-26-29-30-27-20/h6,8-15,25H,5,7,16H2,1-4H3,(H,26,27,29,30). The maximum atomic E-state index is 13.9. The van der Waals surface area contributed by atoms with Gasteiger partial charge in [-0.3, -0.25) is 4.57 Å². The molecule has 0 bridgehead atoms. The number of H-pyrrole nitrogens is 1. The predicted molar refractivity (Wildman–Crippen MR) is 133 cm³/mol. The van der Waals surface area contributed by atoms with Crippen molar-refractivity contribution in [1.29, 1.82) is 0 Å². The molecule has 186 valence electrons. The van der Waals surface area contributed by atoms with Gasteiger partial charge in [-0.25, -0.2) is 14.0 Å². The Kier molecular flexibility index (Phi) is 5.86. The summed E-state index contributed by atoms with van der Waals surface area (Å²) in [6.45, 7) is 8.49. The molecule has 1 aliphatic rings. The smallest absolute Gasteiger partial charge is 0.335 e. The van der Waals surface area contributed by atoms with E-state index < -0.39 is 5.41 Å². The molecule has 0 radical (unpaired) electrons. The second-order valence-corrected chi connectivity index (χ2v) is 9.86. The van der Waals surface area contributed by atoms with Crippen LogP contribution < -0.4 is 11.0 Å². The molecule has 0 fully saturated rings. The molecule has 36 heavy (non-hydrogen) atoms. The first-order chi connectivity index (χ1) is 17.3. The first-order valence-electron chi connectivity index (χ1n) is 11.9. The van der Waals surface area contributed by atoms with Gasteiger partial charge in [0.05, 0.1) is 11.0 Å². The topological polar surface area (TPSA) is 137 Å². The fourth-order valence-electron chi connectivity index (χ4n) is 4.45. The number of imidazole rings is 1. The summed E-state index contributed by atoms with van der Waals surface area (Å²) < 4.78 is 5.04. The zero-order valence-corrected chi connectivity index (χ0v) is 20.8. The van der Waals surface area contributed by atoms with E-state index in [0.29, 0.717) is 18.3 Å². The molecule has 2 N–H and O–H groups in total. The third kappa shape index (κ3) is 4.14. The van der Waals surface area contributed by atoms with Gasteiger partial charge in [0.2, 0.25) is 5.82 Å². The molecule has 12 nitrogen and oxygen atoms in total. The molecule has 0 spiro atoms. The zero-order chi connectivity index (χ0) is 25.3. The molecule has 0 saturated carbocycles. The minimum absolute atomic E-state index is 0.187. The van der Waals surface area contributed by atoms with E-state index in [0.717, 1.165) is 29.7 Å². The van der Waals surface area contributed by atoms with Gasteiger partial charge in [0, 0.05) is 24.0 Å². The fraction of sp³-hybridized carbons (Fsp3) is 0.375. The summed E-state index contributed by atoms with van der Waals surface area (Å²) in [5.74, 6) is 0.908. The van der Waals surface area contributed by atoms with Crippen LogP contribution in [0.15, 0.2) is 59.8 Å². The summed E-state index contributed by atoms with van der Waals surface area (Å²) in [5, 5.41) is 29.7. The molecule has 5 rings (SSSR count). The van der Waals surface area contributed by atoms with Gasteiger partial charge >= 0.3 is 5.69 Å². The Balaban J connectivity index is 1.63. The number of hydrogen-bond acceptors (Lipinski definition) is 8. The molecule has 0 unspecified atom stereocenters. The van der Waals surface area contributed by atoms with Crippen molar-refractivity contribution in [2.75, 3.05) is 0 Å². The second kappa shape index (κ2) is 9.02. The maximum Gasteiger partial charge on any atom is 0.335 e. The average Bonchev–Trinajstić information content (AvgIpc) is 3.62. The number of rotatable bonds is 7. The van der Waals surface area contributed by atoms with Gasteiger partial charge in [0.15, 0.2) is 0 Å². The Morgan fingerprint density at radius 3 is 2.61 bits per heavy atom. The summed E-state index contributed by atoms with van der Waals surface area (Å²) in [7, 11) is 0. The van der Waals surface area contributed by atoms with Crippen molar-refractivity contribution in [2.24, 2.45) is 0 Å². The van der Waals surface area contributed by atoms with Crippen LogP contribution in [0.25, 0.3) is 17.3 Å². The zero-order valence-electron chi connectivity index (χ0n) is 20.8. The molecular weight excluding hydrogens is 458 g/mol. The lowest BCUT2D eigenvalue weighted by molar-refractivity contribution is 0.342. The lowest BCUT2D eigenvalue weighted by Crippen LogP contribution is -2.37. The van der Waals surface area contributed by atoms with Crippen LogP contribution >= 0.6 is 0 Å². The molecule has 12 heteroatoms. The van der Waals surface area contributed by atoms with Crippen molar-refractivity contribution in [3.05, 3.63) is 76.8 Å². The van der Waals surface area contributed by atoms with Gasteiger partial charge in [-0.1, -0.05) is 48.8 Å². The van der Waals surface area contributed by atoms with Crippen LogP contribution in [-0.2, 0) is 23.9 Å². The Morgan fingerprint density at radius 1 is 1.11 bits per heavy atom. The summed E-state index contributed by atoms with van der Waals surface area (Å²) in [6.07, 6.45) is 11.4. The Morgan fingerprint density at radius 2 is 1.92 bits per heavy atom. The van der Waals surface area contributed by atoms with Crippen LogP contribution in [0.3, 0.4) is 0 Å². The van der Waals surface area contributed by atoms with Gasteiger partial charge in [-0.05, 0) is 66.9 Å². The van der Waals surface area contributed by atoms with Crippen LogP contribution in [0, 0.1) is 0 Å². The van der Waals surface area contributed by atoms with E-state index in [2.05, 4.69) is 60.5 Å².